The fraction of sp³-hybridized carbons (Fsp3) is 0.933. The molecule has 0 amide bonds. The van der Waals surface area contributed by atoms with Crippen LogP contribution >= 0.6 is 0 Å². The van der Waals surface area contributed by atoms with E-state index in [0.717, 1.165) is 19.3 Å². The molecule has 0 aromatic heterocycles. The quantitative estimate of drug-likeness (QED) is 0.783. The molecule has 2 aliphatic rings. The average Bonchev–Trinajstić information content (AvgIpc) is 2.40. The van der Waals surface area contributed by atoms with E-state index in [9.17, 15) is 4.79 Å². The Hall–Kier alpha value is -0.570. The zero-order valence-corrected chi connectivity index (χ0v) is 11.6. The molecule has 0 aliphatic heterocycles. The number of carbonyl (C=O) groups is 1. The van der Waals surface area contributed by atoms with Gasteiger partial charge >= 0.3 is 5.97 Å². The number of carbonyl (C=O) groups excluding carboxylic acids is 1. The van der Waals surface area contributed by atoms with Gasteiger partial charge in [-0.25, -0.2) is 0 Å². The minimum atomic E-state index is 0.0210. The molecule has 0 aromatic carbocycles. The first-order valence-electron chi connectivity index (χ1n) is 7.72. The summed E-state index contributed by atoms with van der Waals surface area (Å²) in [5.74, 6) is 0.160. The van der Waals surface area contributed by atoms with Crippen molar-refractivity contribution < 1.29 is 9.53 Å². The molecule has 2 saturated carbocycles. The number of hydrogen-bond donors (Lipinski definition) is 1. The molecule has 0 aromatic rings. The summed E-state index contributed by atoms with van der Waals surface area (Å²) in [5, 5.41) is 3.78. The van der Waals surface area contributed by atoms with E-state index in [2.05, 4.69) is 5.32 Å². The van der Waals surface area contributed by atoms with Crippen molar-refractivity contribution in [3.05, 3.63) is 0 Å². The van der Waals surface area contributed by atoms with Gasteiger partial charge in [-0.3, -0.25) is 4.79 Å². The van der Waals surface area contributed by atoms with Crippen LogP contribution in [0.15, 0.2) is 0 Å². The lowest BCUT2D eigenvalue weighted by Gasteiger charge is -2.33. The van der Waals surface area contributed by atoms with Crippen molar-refractivity contribution >= 4 is 5.97 Å². The van der Waals surface area contributed by atoms with E-state index in [4.69, 9.17) is 4.74 Å². The standard InChI is InChI=1S/C15H27NO2/c1-2-18-15(17)12-7-6-10-14(11-12)16-13-8-4-3-5-9-13/h12-14,16H,2-11H2,1H3. The summed E-state index contributed by atoms with van der Waals surface area (Å²) in [5.41, 5.74) is 0. The summed E-state index contributed by atoms with van der Waals surface area (Å²) in [6.45, 7) is 2.40. The average molecular weight is 253 g/mol. The molecule has 0 spiro atoms. The highest BCUT2D eigenvalue weighted by Crippen LogP contribution is 2.27. The summed E-state index contributed by atoms with van der Waals surface area (Å²) in [7, 11) is 0. The van der Waals surface area contributed by atoms with Crippen LogP contribution in [0, 0.1) is 5.92 Å². The number of ether oxygens (including phenoxy) is 1. The lowest BCUT2D eigenvalue weighted by Crippen LogP contribution is -2.43. The van der Waals surface area contributed by atoms with Crippen molar-refractivity contribution in [1.82, 2.24) is 5.32 Å². The van der Waals surface area contributed by atoms with Crippen LogP contribution in [0.4, 0.5) is 0 Å². The van der Waals surface area contributed by atoms with Gasteiger partial charge in [-0.15, -0.1) is 0 Å². The van der Waals surface area contributed by atoms with Crippen LogP contribution in [-0.2, 0) is 9.53 Å². The Bertz CT molecular complexity index is 261. The smallest absolute Gasteiger partial charge is 0.308 e. The van der Waals surface area contributed by atoms with E-state index in [-0.39, 0.29) is 11.9 Å². The minimum Gasteiger partial charge on any atom is -0.466 e. The third-order valence-corrected chi connectivity index (χ3v) is 4.37. The van der Waals surface area contributed by atoms with Gasteiger partial charge in [-0.2, -0.15) is 0 Å². The normalized spacial score (nSPS) is 30.1. The van der Waals surface area contributed by atoms with E-state index in [1.54, 1.807) is 0 Å². The Kier molecular flexibility index (Phi) is 5.48. The van der Waals surface area contributed by atoms with Crippen molar-refractivity contribution in [1.29, 1.82) is 0 Å². The van der Waals surface area contributed by atoms with Gasteiger partial charge in [0.05, 0.1) is 12.5 Å². The van der Waals surface area contributed by atoms with Gasteiger partial charge in [-0.05, 0) is 39.0 Å². The Morgan fingerprint density at radius 2 is 1.78 bits per heavy atom. The highest BCUT2D eigenvalue weighted by Gasteiger charge is 2.29. The maximum atomic E-state index is 11.8. The minimum absolute atomic E-state index is 0.0210. The van der Waals surface area contributed by atoms with Crippen LogP contribution in [0.3, 0.4) is 0 Å². The highest BCUT2D eigenvalue weighted by molar-refractivity contribution is 5.72. The van der Waals surface area contributed by atoms with Crippen LogP contribution in [0.5, 0.6) is 0 Å². The molecule has 2 unspecified atom stereocenters. The molecule has 3 heteroatoms. The lowest BCUT2D eigenvalue weighted by molar-refractivity contribution is -0.149. The molecule has 0 radical (unpaired) electrons. The van der Waals surface area contributed by atoms with Gasteiger partial charge in [0.25, 0.3) is 0 Å². The molecule has 2 fully saturated rings. The number of esters is 1. The first-order chi connectivity index (χ1) is 8.79. The summed E-state index contributed by atoms with van der Waals surface area (Å²) in [4.78, 5) is 11.8. The Labute approximate surface area is 111 Å². The number of rotatable bonds is 4. The third kappa shape index (κ3) is 3.98. The molecule has 2 atom stereocenters. The molecule has 0 heterocycles. The first kappa shape index (κ1) is 13.9. The molecule has 2 aliphatic carbocycles. The summed E-state index contributed by atoms with van der Waals surface area (Å²) < 4.78 is 5.15. The lowest BCUT2D eigenvalue weighted by atomic mass is 9.84. The fourth-order valence-electron chi connectivity index (χ4n) is 3.42. The first-order valence-corrected chi connectivity index (χ1v) is 7.72. The van der Waals surface area contributed by atoms with Crippen molar-refractivity contribution in [2.45, 2.75) is 76.8 Å². The zero-order valence-electron chi connectivity index (χ0n) is 11.6. The van der Waals surface area contributed by atoms with Gasteiger partial charge in [0.1, 0.15) is 0 Å². The van der Waals surface area contributed by atoms with Crippen molar-refractivity contribution in [2.75, 3.05) is 6.61 Å². The van der Waals surface area contributed by atoms with Gasteiger partial charge in [0, 0.05) is 12.1 Å². The van der Waals surface area contributed by atoms with Crippen LogP contribution in [0.2, 0.25) is 0 Å². The molecule has 3 nitrogen and oxygen atoms in total. The molecule has 18 heavy (non-hydrogen) atoms. The SMILES string of the molecule is CCOC(=O)C1CCCC(NC2CCCCC2)C1. The van der Waals surface area contributed by atoms with E-state index in [1.807, 2.05) is 6.92 Å². The van der Waals surface area contributed by atoms with Gasteiger partial charge in [-0.1, -0.05) is 25.7 Å². The molecular weight excluding hydrogens is 226 g/mol. The predicted molar refractivity (Wildman–Crippen MR) is 72.4 cm³/mol. The van der Waals surface area contributed by atoms with Gasteiger partial charge < -0.3 is 10.1 Å². The van der Waals surface area contributed by atoms with Crippen molar-refractivity contribution in [3.63, 3.8) is 0 Å². The number of hydrogen-bond acceptors (Lipinski definition) is 3. The zero-order chi connectivity index (χ0) is 12.8. The largest absolute Gasteiger partial charge is 0.466 e. The molecule has 0 bridgehead atoms. The monoisotopic (exact) mass is 253 g/mol. The van der Waals surface area contributed by atoms with Crippen LogP contribution in [0.25, 0.3) is 0 Å². The van der Waals surface area contributed by atoms with Crippen LogP contribution in [-0.4, -0.2) is 24.7 Å². The second-order valence-electron chi connectivity index (χ2n) is 5.81. The molecule has 1 N–H and O–H groups in total. The van der Waals surface area contributed by atoms with Gasteiger partial charge in [0.15, 0.2) is 0 Å². The second kappa shape index (κ2) is 7.13. The Morgan fingerprint density at radius 1 is 1.06 bits per heavy atom. The summed E-state index contributed by atoms with van der Waals surface area (Å²) in [6.07, 6.45) is 11.2. The van der Waals surface area contributed by atoms with Gasteiger partial charge in [0.2, 0.25) is 0 Å². The molecule has 0 saturated heterocycles. The molecule has 2 rings (SSSR count). The predicted octanol–water partition coefficient (Wildman–Crippen LogP) is 3.03. The van der Waals surface area contributed by atoms with Crippen molar-refractivity contribution in [2.24, 2.45) is 5.92 Å². The summed E-state index contributed by atoms with van der Waals surface area (Å²) in [6, 6.07) is 1.24. The van der Waals surface area contributed by atoms with Crippen molar-refractivity contribution in [3.8, 4) is 0 Å². The molecule has 104 valence electrons. The summed E-state index contributed by atoms with van der Waals surface area (Å²) >= 11 is 0. The Morgan fingerprint density at radius 3 is 2.50 bits per heavy atom. The maximum Gasteiger partial charge on any atom is 0.308 e. The fourth-order valence-corrected chi connectivity index (χ4v) is 3.42. The molecular formula is C15H27NO2. The maximum absolute atomic E-state index is 11.8. The van der Waals surface area contributed by atoms with Crippen LogP contribution in [0.1, 0.15) is 64.7 Å². The van der Waals surface area contributed by atoms with E-state index >= 15 is 0 Å². The topological polar surface area (TPSA) is 38.3 Å². The van der Waals surface area contributed by atoms with E-state index in [1.165, 1.54) is 38.5 Å². The highest BCUT2D eigenvalue weighted by atomic mass is 16.5. The third-order valence-electron chi connectivity index (χ3n) is 4.37. The van der Waals surface area contributed by atoms with E-state index in [0.29, 0.717) is 18.7 Å². The number of nitrogens with one attached hydrogen (secondary N) is 1. The van der Waals surface area contributed by atoms with E-state index < -0.39 is 0 Å². The Balaban J connectivity index is 1.77. The second-order valence-corrected chi connectivity index (χ2v) is 5.81. The van der Waals surface area contributed by atoms with Crippen LogP contribution < -0.4 is 5.32 Å².